The van der Waals surface area contributed by atoms with Crippen molar-refractivity contribution in [3.63, 3.8) is 0 Å². The van der Waals surface area contributed by atoms with Crippen LogP contribution >= 0.6 is 34.8 Å². The molecule has 1 aromatic heterocycles. The lowest BCUT2D eigenvalue weighted by molar-refractivity contribution is 0.737. The molecular weight excluding hydrogens is 277 g/mol. The second kappa shape index (κ2) is 5.34. The number of hydrogen-bond donors (Lipinski definition) is 1. The lowest BCUT2D eigenvalue weighted by atomic mass is 9.98. The molecule has 0 fully saturated rings. The predicted molar refractivity (Wildman–Crippen MR) is 74.4 cm³/mol. The second-order valence-electron chi connectivity index (χ2n) is 4.08. The van der Waals surface area contributed by atoms with Crippen LogP contribution in [0.2, 0.25) is 15.1 Å². The third kappa shape index (κ3) is 2.98. The van der Waals surface area contributed by atoms with Gasteiger partial charge in [0, 0.05) is 32.9 Å². The first kappa shape index (κ1) is 12.8. The quantitative estimate of drug-likeness (QED) is 0.786. The van der Waals surface area contributed by atoms with Gasteiger partial charge in [-0.3, -0.25) is 0 Å². The van der Waals surface area contributed by atoms with Crippen molar-refractivity contribution in [2.24, 2.45) is 0 Å². The van der Waals surface area contributed by atoms with Crippen LogP contribution in [0, 0.1) is 0 Å². The van der Waals surface area contributed by atoms with Gasteiger partial charge in [-0.25, -0.2) is 0 Å². The molecule has 0 aliphatic rings. The molecule has 2 rings (SSSR count). The van der Waals surface area contributed by atoms with Crippen molar-refractivity contribution in [2.45, 2.75) is 19.3 Å². The van der Waals surface area contributed by atoms with E-state index < -0.39 is 0 Å². The Kier molecular flexibility index (Phi) is 4.03. The highest BCUT2D eigenvalue weighted by Crippen LogP contribution is 2.32. The highest BCUT2D eigenvalue weighted by atomic mass is 35.5. The number of aromatic nitrogens is 1. The highest BCUT2D eigenvalue weighted by molar-refractivity contribution is 6.39. The van der Waals surface area contributed by atoms with Crippen molar-refractivity contribution >= 4 is 34.8 Å². The molecule has 4 heteroatoms. The maximum absolute atomic E-state index is 6.16. The monoisotopic (exact) mass is 287 g/mol. The zero-order valence-corrected chi connectivity index (χ0v) is 11.6. The summed E-state index contributed by atoms with van der Waals surface area (Å²) in [7, 11) is 0. The Morgan fingerprint density at radius 2 is 1.82 bits per heavy atom. The van der Waals surface area contributed by atoms with Crippen molar-refractivity contribution < 1.29 is 0 Å². The maximum atomic E-state index is 6.16. The predicted octanol–water partition coefficient (Wildman–Crippen LogP) is 5.32. The van der Waals surface area contributed by atoms with Gasteiger partial charge in [0.15, 0.2) is 0 Å². The minimum Gasteiger partial charge on any atom is -0.365 e. The molecule has 1 heterocycles. The first-order valence-electron chi connectivity index (χ1n) is 5.34. The number of nitrogens with one attached hydrogen (secondary N) is 1. The summed E-state index contributed by atoms with van der Waals surface area (Å²) < 4.78 is 0. The third-order valence-electron chi connectivity index (χ3n) is 2.77. The van der Waals surface area contributed by atoms with Crippen molar-refractivity contribution in [2.75, 3.05) is 0 Å². The first-order valence-corrected chi connectivity index (χ1v) is 6.48. The van der Waals surface area contributed by atoms with Gasteiger partial charge in [-0.05, 0) is 36.2 Å². The lowest BCUT2D eigenvalue weighted by Gasteiger charge is -2.13. The fraction of sp³-hybridized carbons (Fsp3) is 0.231. The molecule has 0 bridgehead atoms. The molecular formula is C13H12Cl3N. The van der Waals surface area contributed by atoms with Crippen molar-refractivity contribution in [3.8, 4) is 0 Å². The molecule has 0 amide bonds. The number of benzene rings is 1. The zero-order valence-electron chi connectivity index (χ0n) is 9.31. The molecule has 0 saturated heterocycles. The van der Waals surface area contributed by atoms with E-state index in [1.807, 2.05) is 12.3 Å². The van der Waals surface area contributed by atoms with Gasteiger partial charge in [0.2, 0.25) is 0 Å². The fourth-order valence-electron chi connectivity index (χ4n) is 1.83. The zero-order chi connectivity index (χ0) is 12.4. The Labute approximate surface area is 116 Å². The van der Waals surface area contributed by atoms with Crippen LogP contribution in [0.25, 0.3) is 0 Å². The van der Waals surface area contributed by atoms with E-state index in [-0.39, 0.29) is 0 Å². The normalized spacial score (nSPS) is 12.7. The smallest absolute Gasteiger partial charge is 0.0467 e. The molecule has 1 nitrogen and oxygen atoms in total. The van der Waals surface area contributed by atoms with Gasteiger partial charge in [-0.1, -0.05) is 41.7 Å². The molecule has 0 aliphatic carbocycles. The molecule has 17 heavy (non-hydrogen) atoms. The number of aromatic amines is 1. The van der Waals surface area contributed by atoms with Gasteiger partial charge >= 0.3 is 0 Å². The topological polar surface area (TPSA) is 15.8 Å². The molecule has 2 aromatic rings. The Morgan fingerprint density at radius 3 is 2.35 bits per heavy atom. The summed E-state index contributed by atoms with van der Waals surface area (Å²) in [6.07, 6.45) is 2.70. The summed E-state index contributed by atoms with van der Waals surface area (Å²) in [5.41, 5.74) is 2.12. The summed E-state index contributed by atoms with van der Waals surface area (Å²) in [4.78, 5) is 3.20. The second-order valence-corrected chi connectivity index (χ2v) is 5.33. The van der Waals surface area contributed by atoms with E-state index in [1.54, 1.807) is 12.1 Å². The van der Waals surface area contributed by atoms with Gasteiger partial charge < -0.3 is 4.98 Å². The van der Waals surface area contributed by atoms with Crippen LogP contribution in [0.15, 0.2) is 30.5 Å². The van der Waals surface area contributed by atoms with E-state index >= 15 is 0 Å². The average molecular weight is 289 g/mol. The van der Waals surface area contributed by atoms with E-state index in [1.165, 1.54) is 5.69 Å². The summed E-state index contributed by atoms with van der Waals surface area (Å²) in [5, 5.41) is 1.82. The number of hydrogen-bond acceptors (Lipinski definition) is 0. The molecule has 0 radical (unpaired) electrons. The molecule has 1 unspecified atom stereocenters. The summed E-state index contributed by atoms with van der Waals surface area (Å²) >= 11 is 18.2. The fourth-order valence-corrected chi connectivity index (χ4v) is 2.81. The maximum Gasteiger partial charge on any atom is 0.0467 e. The van der Waals surface area contributed by atoms with E-state index in [4.69, 9.17) is 34.8 Å². The molecule has 0 saturated carbocycles. The number of H-pyrrole nitrogens is 1. The Balaban J connectivity index is 2.25. The van der Waals surface area contributed by atoms with Crippen LogP contribution in [0.1, 0.15) is 24.1 Å². The van der Waals surface area contributed by atoms with E-state index in [0.29, 0.717) is 21.0 Å². The first-order chi connectivity index (χ1) is 8.08. The lowest BCUT2D eigenvalue weighted by Crippen LogP contribution is -2.00. The molecule has 90 valence electrons. The Bertz CT molecular complexity index is 482. The molecule has 0 spiro atoms. The van der Waals surface area contributed by atoms with E-state index in [2.05, 4.69) is 18.0 Å². The van der Waals surface area contributed by atoms with Crippen LogP contribution < -0.4 is 0 Å². The molecule has 1 N–H and O–H groups in total. The molecule has 1 atom stereocenters. The van der Waals surface area contributed by atoms with Crippen LogP contribution in [0.4, 0.5) is 0 Å². The minimum absolute atomic E-state index is 0.334. The summed E-state index contributed by atoms with van der Waals surface area (Å²) in [6, 6.07) is 7.50. The summed E-state index contributed by atoms with van der Waals surface area (Å²) in [5.74, 6) is 0.334. The van der Waals surface area contributed by atoms with Gasteiger partial charge in [0.1, 0.15) is 0 Å². The van der Waals surface area contributed by atoms with Gasteiger partial charge in [-0.2, -0.15) is 0 Å². The van der Waals surface area contributed by atoms with Crippen molar-refractivity contribution in [1.29, 1.82) is 0 Å². The van der Waals surface area contributed by atoms with E-state index in [9.17, 15) is 0 Å². The summed E-state index contributed by atoms with van der Waals surface area (Å²) in [6.45, 7) is 2.13. The SMILES string of the molecule is CC(Cc1c(Cl)cc(Cl)cc1Cl)c1ccc[nH]1. The van der Waals surface area contributed by atoms with Gasteiger partial charge in [0.25, 0.3) is 0 Å². The number of rotatable bonds is 3. The number of halogens is 3. The largest absolute Gasteiger partial charge is 0.365 e. The molecule has 0 aliphatic heterocycles. The Hall–Kier alpha value is -0.630. The third-order valence-corrected chi connectivity index (χ3v) is 3.66. The minimum atomic E-state index is 0.334. The standard InChI is InChI=1S/C13H12Cl3N/c1-8(13-3-2-4-17-13)5-10-11(15)6-9(14)7-12(10)16/h2-4,6-8,17H,5H2,1H3. The van der Waals surface area contributed by atoms with Gasteiger partial charge in [0.05, 0.1) is 0 Å². The highest BCUT2D eigenvalue weighted by Gasteiger charge is 2.13. The average Bonchev–Trinajstić information content (AvgIpc) is 2.76. The van der Waals surface area contributed by atoms with Crippen molar-refractivity contribution in [3.05, 3.63) is 56.8 Å². The van der Waals surface area contributed by atoms with Crippen LogP contribution in [0.5, 0.6) is 0 Å². The van der Waals surface area contributed by atoms with Crippen LogP contribution in [-0.2, 0) is 6.42 Å². The van der Waals surface area contributed by atoms with Gasteiger partial charge in [-0.15, -0.1) is 0 Å². The van der Waals surface area contributed by atoms with Crippen molar-refractivity contribution in [1.82, 2.24) is 4.98 Å². The molecule has 1 aromatic carbocycles. The van der Waals surface area contributed by atoms with E-state index in [0.717, 1.165) is 12.0 Å². The van der Waals surface area contributed by atoms with Crippen LogP contribution in [0.3, 0.4) is 0 Å². The Morgan fingerprint density at radius 1 is 1.18 bits per heavy atom. The van der Waals surface area contributed by atoms with Crippen LogP contribution in [-0.4, -0.2) is 4.98 Å².